The van der Waals surface area contributed by atoms with Crippen LogP contribution in [0.3, 0.4) is 0 Å². The Hall–Kier alpha value is -4.70. The molecule has 0 bridgehead atoms. The van der Waals surface area contributed by atoms with Crippen molar-refractivity contribution in [2.75, 3.05) is 19.6 Å². The number of para-hydroxylation sites is 1. The Kier molecular flexibility index (Phi) is 7.62. The van der Waals surface area contributed by atoms with Gasteiger partial charge in [0.25, 0.3) is 5.91 Å². The average molecular weight is 566 g/mol. The molecule has 2 aliphatic heterocycles. The molecule has 0 aliphatic carbocycles. The van der Waals surface area contributed by atoms with Gasteiger partial charge in [0.15, 0.2) is 0 Å². The Balaban J connectivity index is 1.33. The molecule has 6 rings (SSSR count). The normalized spacial score (nSPS) is 18.9. The highest BCUT2D eigenvalue weighted by Crippen LogP contribution is 2.36. The van der Waals surface area contributed by atoms with Gasteiger partial charge in [-0.05, 0) is 29.2 Å². The Morgan fingerprint density at radius 2 is 1.74 bits per heavy atom. The zero-order valence-electron chi connectivity index (χ0n) is 23.9. The summed E-state index contributed by atoms with van der Waals surface area (Å²) >= 11 is 0. The minimum atomic E-state index is -0.791. The predicted molar refractivity (Wildman–Crippen MR) is 158 cm³/mol. The summed E-state index contributed by atoms with van der Waals surface area (Å²) in [5, 5.41) is 6.50. The molecule has 2 fully saturated rings. The molecule has 2 atom stereocenters. The molecular formula is C32H35N7O3. The number of imidazole rings is 1. The van der Waals surface area contributed by atoms with Crippen LogP contribution in [0.1, 0.15) is 36.1 Å². The van der Waals surface area contributed by atoms with E-state index in [1.807, 2.05) is 102 Å². The maximum absolute atomic E-state index is 14.2. The standard InChI is InChI=1S/C32H35N7O3/c1-3-17-37(32(42)33-18-23-11-6-4-7-12-23)38-21-28(40)39-27(38)20-36(31(41)30(39)24-13-8-5-9-14-24)19-25-15-10-16-26-29(25)34-22-35(26)2/h4-16,22,27,30H,3,17-21H2,1-2H3,(H,33,42)/t27-,30+/m1/s1. The lowest BCUT2D eigenvalue weighted by Gasteiger charge is -2.46. The number of benzene rings is 3. The van der Waals surface area contributed by atoms with Crippen LogP contribution in [0.2, 0.25) is 0 Å². The van der Waals surface area contributed by atoms with Crippen molar-refractivity contribution in [2.45, 2.75) is 38.6 Å². The van der Waals surface area contributed by atoms with Crippen molar-refractivity contribution >= 4 is 28.9 Å². The lowest BCUT2D eigenvalue weighted by Crippen LogP contribution is -2.62. The third-order valence-electron chi connectivity index (χ3n) is 8.04. The summed E-state index contributed by atoms with van der Waals surface area (Å²) in [5.41, 5.74) is 4.50. The second-order valence-corrected chi connectivity index (χ2v) is 10.8. The summed E-state index contributed by atoms with van der Waals surface area (Å²) in [6.07, 6.45) is 1.98. The number of carbonyl (C=O) groups is 3. The minimum Gasteiger partial charge on any atom is -0.334 e. The smallest absolute Gasteiger partial charge is 0.332 e. The molecule has 0 radical (unpaired) electrons. The van der Waals surface area contributed by atoms with Crippen molar-refractivity contribution in [3.63, 3.8) is 0 Å². The number of carbonyl (C=O) groups excluding carboxylic acids is 3. The minimum absolute atomic E-state index is 0.0176. The van der Waals surface area contributed by atoms with Crippen LogP contribution in [-0.4, -0.2) is 73.0 Å². The van der Waals surface area contributed by atoms with Gasteiger partial charge in [-0.1, -0.05) is 79.7 Å². The van der Waals surface area contributed by atoms with Gasteiger partial charge in [-0.3, -0.25) is 14.6 Å². The van der Waals surface area contributed by atoms with Crippen molar-refractivity contribution in [2.24, 2.45) is 7.05 Å². The molecule has 216 valence electrons. The maximum Gasteiger partial charge on any atom is 0.332 e. The number of aryl methyl sites for hydroxylation is 1. The van der Waals surface area contributed by atoms with Gasteiger partial charge in [-0.2, -0.15) is 5.01 Å². The fourth-order valence-corrected chi connectivity index (χ4v) is 6.01. The van der Waals surface area contributed by atoms with E-state index in [1.165, 1.54) is 0 Å². The van der Waals surface area contributed by atoms with E-state index in [9.17, 15) is 14.4 Å². The van der Waals surface area contributed by atoms with Gasteiger partial charge in [0.2, 0.25) is 5.91 Å². The molecular weight excluding hydrogens is 530 g/mol. The summed E-state index contributed by atoms with van der Waals surface area (Å²) < 4.78 is 1.96. The van der Waals surface area contributed by atoms with Crippen molar-refractivity contribution in [3.8, 4) is 0 Å². The monoisotopic (exact) mass is 565 g/mol. The fourth-order valence-electron chi connectivity index (χ4n) is 6.01. The summed E-state index contributed by atoms with van der Waals surface area (Å²) in [4.78, 5) is 49.4. The molecule has 2 aliphatic rings. The van der Waals surface area contributed by atoms with Gasteiger partial charge >= 0.3 is 6.03 Å². The number of nitrogens with zero attached hydrogens (tertiary/aromatic N) is 6. The molecule has 0 unspecified atom stereocenters. The number of rotatable bonds is 8. The number of amides is 4. The number of fused-ring (bicyclic) bond motifs is 2. The van der Waals surface area contributed by atoms with Gasteiger partial charge in [0.1, 0.15) is 12.2 Å². The maximum atomic E-state index is 14.2. The van der Waals surface area contributed by atoms with Crippen LogP contribution >= 0.6 is 0 Å². The van der Waals surface area contributed by atoms with E-state index < -0.39 is 12.2 Å². The number of hydrazine groups is 1. The van der Waals surface area contributed by atoms with E-state index in [-0.39, 0.29) is 30.9 Å². The molecule has 10 heteroatoms. The highest BCUT2D eigenvalue weighted by Gasteiger charge is 2.52. The molecule has 4 aromatic rings. The third-order valence-corrected chi connectivity index (χ3v) is 8.04. The van der Waals surface area contributed by atoms with Crippen LogP contribution in [0.4, 0.5) is 4.79 Å². The number of piperazine rings is 1. The number of urea groups is 1. The quantitative estimate of drug-likeness (QED) is 0.352. The molecule has 1 N–H and O–H groups in total. The third kappa shape index (κ3) is 5.09. The van der Waals surface area contributed by atoms with Crippen molar-refractivity contribution in [1.29, 1.82) is 0 Å². The Bertz CT molecular complexity index is 1590. The number of aromatic nitrogens is 2. The number of nitrogens with one attached hydrogen (secondary N) is 1. The molecule has 10 nitrogen and oxygen atoms in total. The van der Waals surface area contributed by atoms with Gasteiger partial charge in [0, 0.05) is 26.7 Å². The van der Waals surface area contributed by atoms with Crippen LogP contribution in [0.15, 0.2) is 85.2 Å². The highest BCUT2D eigenvalue weighted by molar-refractivity contribution is 5.92. The molecule has 0 spiro atoms. The molecule has 3 heterocycles. The van der Waals surface area contributed by atoms with Gasteiger partial charge in [0.05, 0.1) is 30.5 Å². The van der Waals surface area contributed by atoms with E-state index in [2.05, 4.69) is 10.3 Å². The van der Waals surface area contributed by atoms with E-state index in [0.717, 1.165) is 27.7 Å². The van der Waals surface area contributed by atoms with Gasteiger partial charge in [-0.25, -0.2) is 9.78 Å². The molecule has 4 amide bonds. The first-order valence-electron chi connectivity index (χ1n) is 14.4. The van der Waals surface area contributed by atoms with E-state index >= 15 is 0 Å². The summed E-state index contributed by atoms with van der Waals surface area (Å²) in [6.45, 7) is 3.45. The highest BCUT2D eigenvalue weighted by atomic mass is 16.2. The summed E-state index contributed by atoms with van der Waals surface area (Å²) in [5.74, 6) is -0.318. The molecule has 42 heavy (non-hydrogen) atoms. The first-order valence-corrected chi connectivity index (χ1v) is 14.4. The Labute approximate surface area is 245 Å². The summed E-state index contributed by atoms with van der Waals surface area (Å²) in [6, 6.07) is 24.1. The van der Waals surface area contributed by atoms with Crippen LogP contribution in [0.25, 0.3) is 11.0 Å². The second kappa shape index (κ2) is 11.7. The van der Waals surface area contributed by atoms with E-state index in [0.29, 0.717) is 26.1 Å². The number of hydrogen-bond acceptors (Lipinski definition) is 5. The van der Waals surface area contributed by atoms with Gasteiger partial charge < -0.3 is 19.7 Å². The summed E-state index contributed by atoms with van der Waals surface area (Å²) in [7, 11) is 1.95. The van der Waals surface area contributed by atoms with Crippen LogP contribution in [0.5, 0.6) is 0 Å². The molecule has 0 saturated carbocycles. The lowest BCUT2D eigenvalue weighted by atomic mass is 10.00. The fraction of sp³-hybridized carbons (Fsp3) is 0.312. The van der Waals surface area contributed by atoms with Crippen molar-refractivity contribution < 1.29 is 14.4 Å². The molecule has 1 aromatic heterocycles. The largest absolute Gasteiger partial charge is 0.334 e. The number of hydrogen-bond donors (Lipinski definition) is 1. The molecule has 3 aromatic carbocycles. The molecule has 2 saturated heterocycles. The van der Waals surface area contributed by atoms with Crippen LogP contribution in [-0.2, 0) is 29.7 Å². The van der Waals surface area contributed by atoms with Crippen molar-refractivity contribution in [1.82, 2.24) is 34.7 Å². The topological polar surface area (TPSA) is 94.0 Å². The van der Waals surface area contributed by atoms with Crippen LogP contribution in [0, 0.1) is 0 Å². The van der Waals surface area contributed by atoms with E-state index in [4.69, 9.17) is 0 Å². The first kappa shape index (κ1) is 27.5. The Morgan fingerprint density at radius 1 is 1.00 bits per heavy atom. The zero-order valence-corrected chi connectivity index (χ0v) is 23.9. The second-order valence-electron chi connectivity index (χ2n) is 10.8. The van der Waals surface area contributed by atoms with Gasteiger partial charge in [-0.15, -0.1) is 0 Å². The first-order chi connectivity index (χ1) is 20.5. The lowest BCUT2D eigenvalue weighted by molar-refractivity contribution is -0.158. The Morgan fingerprint density at radius 3 is 2.48 bits per heavy atom. The van der Waals surface area contributed by atoms with E-state index in [1.54, 1.807) is 21.1 Å². The average Bonchev–Trinajstić information content (AvgIpc) is 3.55. The predicted octanol–water partition coefficient (Wildman–Crippen LogP) is 3.66. The zero-order chi connectivity index (χ0) is 29.2. The van der Waals surface area contributed by atoms with Crippen LogP contribution < -0.4 is 5.32 Å². The van der Waals surface area contributed by atoms with Crippen molar-refractivity contribution in [3.05, 3.63) is 102 Å². The SMILES string of the molecule is CCCN(C(=O)NCc1ccccc1)N1CC(=O)N2[C@@H](c3ccccc3)C(=O)N(Cc3cccc4c3ncn4C)C[C@@H]21.